The number of benzene rings is 2. The van der Waals surface area contributed by atoms with E-state index in [1.165, 1.54) is 21.6 Å². The van der Waals surface area contributed by atoms with Crippen LogP contribution in [0.4, 0.5) is 0 Å². The normalized spacial score (nSPS) is 12.1. The van der Waals surface area contributed by atoms with Gasteiger partial charge < -0.3 is 0 Å². The second-order valence-electron chi connectivity index (χ2n) is 6.13. The molecule has 3 aromatic rings. The van der Waals surface area contributed by atoms with Crippen LogP contribution in [-0.2, 0) is 0 Å². The summed E-state index contributed by atoms with van der Waals surface area (Å²) in [5.74, 6) is 0. The quantitative estimate of drug-likeness (QED) is 0.625. The van der Waals surface area contributed by atoms with Crippen molar-refractivity contribution in [2.75, 3.05) is 18.8 Å². The zero-order valence-corrected chi connectivity index (χ0v) is 14.1. The molecule has 2 aromatic carbocycles. The van der Waals surface area contributed by atoms with Crippen LogP contribution < -0.4 is 0 Å². The Morgan fingerprint density at radius 3 is 1.82 bits per heavy atom. The minimum atomic E-state index is -0.852. The first kappa shape index (κ1) is 14.9. The van der Waals surface area contributed by atoms with Crippen molar-refractivity contribution in [3.8, 4) is 22.4 Å². The van der Waals surface area contributed by atoms with E-state index < -0.39 is 10.0 Å². The highest BCUT2D eigenvalue weighted by Gasteiger charge is 2.16. The predicted octanol–water partition coefficient (Wildman–Crippen LogP) is 5.47. The van der Waals surface area contributed by atoms with Gasteiger partial charge in [0, 0.05) is 22.2 Å². The maximum Gasteiger partial charge on any atom is 0.0713 e. The number of pyridine rings is 1. The Hall–Kier alpha value is -2.06. The van der Waals surface area contributed by atoms with E-state index >= 15 is 0 Å². The van der Waals surface area contributed by atoms with Crippen LogP contribution in [0.25, 0.3) is 22.4 Å². The Balaban J connectivity index is 2.17. The molecule has 0 aliphatic carbocycles. The van der Waals surface area contributed by atoms with Gasteiger partial charge >= 0.3 is 0 Å². The number of nitrogens with zero attached hydrogens (tertiary/aromatic N) is 1. The highest BCUT2D eigenvalue weighted by molar-refractivity contribution is 8.32. The highest BCUT2D eigenvalue weighted by atomic mass is 32.3. The molecule has 0 aliphatic heterocycles. The molecule has 0 unspecified atom stereocenters. The zero-order chi connectivity index (χ0) is 15.6. The average molecular weight is 307 g/mol. The van der Waals surface area contributed by atoms with Gasteiger partial charge in [0.2, 0.25) is 0 Å². The summed E-state index contributed by atoms with van der Waals surface area (Å²) in [6.45, 7) is 0. The van der Waals surface area contributed by atoms with Gasteiger partial charge in [0.1, 0.15) is 0 Å². The lowest BCUT2D eigenvalue weighted by Gasteiger charge is -2.29. The first-order valence-corrected chi connectivity index (χ1v) is 10.2. The smallest absolute Gasteiger partial charge is 0.0713 e. The minimum Gasteiger partial charge on any atom is -0.256 e. The summed E-state index contributed by atoms with van der Waals surface area (Å²) >= 11 is 0. The van der Waals surface area contributed by atoms with Crippen LogP contribution in [0.5, 0.6) is 0 Å². The largest absolute Gasteiger partial charge is 0.256 e. The van der Waals surface area contributed by atoms with E-state index in [0.717, 1.165) is 5.69 Å². The van der Waals surface area contributed by atoms with Gasteiger partial charge in [0.15, 0.2) is 0 Å². The molecule has 0 amide bonds. The van der Waals surface area contributed by atoms with Crippen molar-refractivity contribution in [3.63, 3.8) is 0 Å². The molecule has 1 aromatic heterocycles. The van der Waals surface area contributed by atoms with Crippen molar-refractivity contribution in [2.45, 2.75) is 4.90 Å². The van der Waals surface area contributed by atoms with Gasteiger partial charge in [-0.05, 0) is 30.4 Å². The molecule has 0 saturated carbocycles. The Kier molecular flexibility index (Phi) is 4.04. The number of hydrogen-bond donors (Lipinski definition) is 0. The van der Waals surface area contributed by atoms with Gasteiger partial charge in [0.25, 0.3) is 0 Å². The SMILES string of the molecule is CS(C)(C)c1cc(-c2ccccc2)ncc1-c1ccccc1. The maximum atomic E-state index is 4.71. The molecule has 0 atom stereocenters. The lowest BCUT2D eigenvalue weighted by atomic mass is 10.1. The van der Waals surface area contributed by atoms with Crippen molar-refractivity contribution < 1.29 is 0 Å². The van der Waals surface area contributed by atoms with Crippen molar-refractivity contribution in [1.29, 1.82) is 0 Å². The second-order valence-corrected chi connectivity index (χ2v) is 10.2. The monoisotopic (exact) mass is 307 g/mol. The third kappa shape index (κ3) is 3.07. The van der Waals surface area contributed by atoms with Crippen LogP contribution in [0.3, 0.4) is 0 Å². The fourth-order valence-corrected chi connectivity index (χ4v) is 3.84. The van der Waals surface area contributed by atoms with Crippen molar-refractivity contribution in [3.05, 3.63) is 72.9 Å². The average Bonchev–Trinajstić information content (AvgIpc) is 2.55. The summed E-state index contributed by atoms with van der Waals surface area (Å²) in [4.78, 5) is 6.12. The predicted molar refractivity (Wildman–Crippen MR) is 98.7 cm³/mol. The van der Waals surface area contributed by atoms with Gasteiger partial charge in [-0.3, -0.25) is 4.98 Å². The second kappa shape index (κ2) is 5.98. The minimum absolute atomic E-state index is 0.852. The van der Waals surface area contributed by atoms with Gasteiger partial charge in [-0.2, -0.15) is 0 Å². The molecular weight excluding hydrogens is 286 g/mol. The topological polar surface area (TPSA) is 12.9 Å². The third-order valence-corrected chi connectivity index (χ3v) is 5.34. The van der Waals surface area contributed by atoms with E-state index in [1.54, 1.807) is 0 Å². The Morgan fingerprint density at radius 2 is 1.27 bits per heavy atom. The third-order valence-electron chi connectivity index (χ3n) is 3.68. The zero-order valence-electron chi connectivity index (χ0n) is 13.3. The highest BCUT2D eigenvalue weighted by Crippen LogP contribution is 2.50. The summed E-state index contributed by atoms with van der Waals surface area (Å²) in [5.41, 5.74) is 4.72. The molecule has 0 bridgehead atoms. The summed E-state index contributed by atoms with van der Waals surface area (Å²) < 4.78 is 0. The van der Waals surface area contributed by atoms with Crippen molar-refractivity contribution in [1.82, 2.24) is 4.98 Å². The number of aromatic nitrogens is 1. The molecule has 1 nitrogen and oxygen atoms in total. The van der Waals surface area contributed by atoms with E-state index in [1.807, 2.05) is 12.3 Å². The summed E-state index contributed by atoms with van der Waals surface area (Å²) in [7, 11) is -0.852. The molecule has 0 radical (unpaired) electrons. The Labute approximate surface area is 134 Å². The van der Waals surface area contributed by atoms with E-state index in [4.69, 9.17) is 4.98 Å². The van der Waals surface area contributed by atoms with Crippen molar-refractivity contribution >= 4 is 10.0 Å². The van der Waals surface area contributed by atoms with Crippen LogP contribution in [0.1, 0.15) is 0 Å². The lowest BCUT2D eigenvalue weighted by molar-refractivity contribution is 1.26. The summed E-state index contributed by atoms with van der Waals surface area (Å²) in [5, 5.41) is 0. The molecular formula is C20H21NS. The molecule has 0 fully saturated rings. The maximum absolute atomic E-state index is 4.71. The Morgan fingerprint density at radius 1 is 0.727 bits per heavy atom. The lowest BCUT2D eigenvalue weighted by Crippen LogP contribution is -1.98. The first-order chi connectivity index (χ1) is 10.6. The van der Waals surface area contributed by atoms with Crippen LogP contribution in [0.15, 0.2) is 77.8 Å². The van der Waals surface area contributed by atoms with Gasteiger partial charge in [-0.1, -0.05) is 60.7 Å². The molecule has 2 heteroatoms. The number of hydrogen-bond acceptors (Lipinski definition) is 1. The van der Waals surface area contributed by atoms with Crippen LogP contribution in [0, 0.1) is 0 Å². The van der Waals surface area contributed by atoms with Gasteiger partial charge in [0.05, 0.1) is 5.69 Å². The summed E-state index contributed by atoms with van der Waals surface area (Å²) in [6.07, 6.45) is 9.04. The van der Waals surface area contributed by atoms with Crippen molar-refractivity contribution in [2.24, 2.45) is 0 Å². The van der Waals surface area contributed by atoms with Crippen LogP contribution in [0.2, 0.25) is 0 Å². The fourth-order valence-electron chi connectivity index (χ4n) is 2.54. The molecule has 22 heavy (non-hydrogen) atoms. The van der Waals surface area contributed by atoms with Gasteiger partial charge in [-0.15, -0.1) is 0 Å². The fraction of sp³-hybridized carbons (Fsp3) is 0.150. The first-order valence-electron chi connectivity index (χ1n) is 7.35. The Bertz CT molecular complexity index is 759. The molecule has 0 aliphatic rings. The molecule has 1 heterocycles. The molecule has 0 saturated heterocycles. The van der Waals surface area contributed by atoms with E-state index in [-0.39, 0.29) is 0 Å². The van der Waals surface area contributed by atoms with Gasteiger partial charge in [-0.25, -0.2) is 10.0 Å². The van der Waals surface area contributed by atoms with E-state index in [9.17, 15) is 0 Å². The van der Waals surface area contributed by atoms with E-state index in [0.29, 0.717) is 0 Å². The summed E-state index contributed by atoms with van der Waals surface area (Å²) in [6, 6.07) is 23.2. The van der Waals surface area contributed by atoms with E-state index in [2.05, 4.69) is 79.4 Å². The molecule has 0 spiro atoms. The molecule has 112 valence electrons. The molecule has 0 N–H and O–H groups in total. The standard InChI is InChI=1S/C20H21NS/c1-22(2,3)20-14-19(17-12-8-5-9-13-17)21-15-18(20)16-10-6-4-7-11-16/h4-15H,1-3H3. The van der Waals surface area contributed by atoms with Crippen LogP contribution >= 0.6 is 10.0 Å². The van der Waals surface area contributed by atoms with Crippen LogP contribution in [-0.4, -0.2) is 23.8 Å². The molecule has 3 rings (SSSR count). The number of rotatable bonds is 3.